The molecule has 1 unspecified atom stereocenters. The van der Waals surface area contributed by atoms with E-state index < -0.39 is 0 Å². The van der Waals surface area contributed by atoms with Gasteiger partial charge in [-0.1, -0.05) is 24.3 Å². The van der Waals surface area contributed by atoms with Crippen molar-refractivity contribution in [3.8, 4) is 5.75 Å². The zero-order valence-electron chi connectivity index (χ0n) is 18.1. The first-order chi connectivity index (χ1) is 15.6. The lowest BCUT2D eigenvalue weighted by Gasteiger charge is -2.29. The Hall–Kier alpha value is -3.12. The van der Waals surface area contributed by atoms with Gasteiger partial charge < -0.3 is 20.7 Å². The van der Waals surface area contributed by atoms with Crippen molar-refractivity contribution in [1.82, 2.24) is 10.6 Å². The highest BCUT2D eigenvalue weighted by atomic mass is 32.1. The lowest BCUT2D eigenvalue weighted by Crippen LogP contribution is -2.45. The summed E-state index contributed by atoms with van der Waals surface area (Å²) < 4.78 is 5.48. The van der Waals surface area contributed by atoms with Gasteiger partial charge in [0.15, 0.2) is 5.11 Å². The topological polar surface area (TPSA) is 62.4 Å². The van der Waals surface area contributed by atoms with E-state index >= 15 is 0 Å². The van der Waals surface area contributed by atoms with Crippen LogP contribution >= 0.6 is 12.2 Å². The summed E-state index contributed by atoms with van der Waals surface area (Å²) in [6, 6.07) is 18.5. The maximum atomic E-state index is 13.0. The zero-order valence-corrected chi connectivity index (χ0v) is 18.9. The second-order valence-electron chi connectivity index (χ2n) is 8.52. The molecular weight excluding hydrogens is 418 g/mol. The van der Waals surface area contributed by atoms with Crippen molar-refractivity contribution in [2.75, 3.05) is 11.9 Å². The summed E-state index contributed by atoms with van der Waals surface area (Å²) in [6.07, 6.45) is 4.10. The molecule has 1 amide bonds. The molecule has 2 aliphatic carbocycles. The molecule has 1 saturated carbocycles. The quantitative estimate of drug-likeness (QED) is 0.485. The van der Waals surface area contributed by atoms with E-state index in [0.29, 0.717) is 18.2 Å². The molecule has 1 fully saturated rings. The fraction of sp³-hybridized carbons (Fsp3) is 0.308. The first-order valence-corrected chi connectivity index (χ1v) is 11.7. The van der Waals surface area contributed by atoms with E-state index in [1.165, 1.54) is 29.2 Å². The lowest BCUT2D eigenvalue weighted by molar-refractivity contribution is 0.102. The van der Waals surface area contributed by atoms with Crippen LogP contribution in [-0.2, 0) is 12.8 Å². The third kappa shape index (κ3) is 4.41. The third-order valence-corrected chi connectivity index (χ3v) is 6.32. The normalized spacial score (nSPS) is 17.0. The van der Waals surface area contributed by atoms with Gasteiger partial charge >= 0.3 is 0 Å². The van der Waals surface area contributed by atoms with Crippen LogP contribution in [0.2, 0.25) is 0 Å². The minimum absolute atomic E-state index is 0.123. The number of amides is 1. The van der Waals surface area contributed by atoms with E-state index in [2.05, 4.69) is 40.2 Å². The Morgan fingerprint density at radius 2 is 1.78 bits per heavy atom. The van der Waals surface area contributed by atoms with E-state index in [1.807, 2.05) is 25.1 Å². The number of hydrogen-bond donors (Lipinski definition) is 3. The van der Waals surface area contributed by atoms with Crippen molar-refractivity contribution in [2.24, 2.45) is 0 Å². The predicted octanol–water partition coefficient (Wildman–Crippen LogP) is 4.58. The summed E-state index contributed by atoms with van der Waals surface area (Å²) in [6.45, 7) is 2.54. The van der Waals surface area contributed by atoms with Crippen LogP contribution in [0, 0.1) is 0 Å². The highest BCUT2D eigenvalue weighted by Crippen LogP contribution is 2.35. The molecule has 2 aliphatic rings. The maximum Gasteiger partial charge on any atom is 0.255 e. The highest BCUT2D eigenvalue weighted by Gasteiger charge is 2.26. The molecule has 5 nitrogen and oxygen atoms in total. The van der Waals surface area contributed by atoms with Crippen LogP contribution in [0.5, 0.6) is 5.75 Å². The molecule has 0 bridgehead atoms. The van der Waals surface area contributed by atoms with Crippen molar-refractivity contribution in [2.45, 2.75) is 44.7 Å². The van der Waals surface area contributed by atoms with Gasteiger partial charge in [-0.3, -0.25) is 4.79 Å². The second-order valence-corrected chi connectivity index (χ2v) is 8.92. The van der Waals surface area contributed by atoms with Gasteiger partial charge in [-0.2, -0.15) is 0 Å². The van der Waals surface area contributed by atoms with E-state index in [0.717, 1.165) is 35.0 Å². The minimum atomic E-state index is -0.123. The number of ether oxygens (including phenoxy) is 1. The molecule has 3 aromatic carbocycles. The fourth-order valence-corrected chi connectivity index (χ4v) is 4.76. The van der Waals surface area contributed by atoms with E-state index in [9.17, 15) is 4.79 Å². The van der Waals surface area contributed by atoms with Crippen molar-refractivity contribution in [3.63, 3.8) is 0 Å². The number of carbonyl (C=O) groups excluding carboxylic acids is 1. The van der Waals surface area contributed by atoms with E-state index in [4.69, 9.17) is 17.0 Å². The first-order valence-electron chi connectivity index (χ1n) is 11.3. The first kappa shape index (κ1) is 20.8. The predicted molar refractivity (Wildman–Crippen MR) is 133 cm³/mol. The monoisotopic (exact) mass is 445 g/mol. The number of thiocarbonyl (C=S) groups is 1. The molecule has 3 N–H and O–H groups in total. The van der Waals surface area contributed by atoms with Gasteiger partial charge in [0.25, 0.3) is 5.91 Å². The Morgan fingerprint density at radius 3 is 2.53 bits per heavy atom. The maximum absolute atomic E-state index is 13.0. The molecule has 0 aromatic heterocycles. The van der Waals surface area contributed by atoms with E-state index in [1.54, 1.807) is 12.1 Å². The average Bonchev–Trinajstić information content (AvgIpc) is 3.60. The summed E-state index contributed by atoms with van der Waals surface area (Å²) >= 11 is 5.52. The molecule has 6 heteroatoms. The lowest BCUT2D eigenvalue weighted by atomic mass is 9.84. The molecule has 0 spiro atoms. The second kappa shape index (κ2) is 8.79. The molecule has 1 atom stereocenters. The number of nitrogens with one attached hydrogen (secondary N) is 3. The van der Waals surface area contributed by atoms with Crippen LogP contribution in [0.1, 0.15) is 41.3 Å². The highest BCUT2D eigenvalue weighted by molar-refractivity contribution is 7.80. The summed E-state index contributed by atoms with van der Waals surface area (Å²) in [5.41, 5.74) is 3.91. The van der Waals surface area contributed by atoms with E-state index in [-0.39, 0.29) is 11.9 Å². The van der Waals surface area contributed by atoms with Gasteiger partial charge in [-0.05, 0) is 97.1 Å². The number of rotatable bonds is 6. The molecule has 0 radical (unpaired) electrons. The smallest absolute Gasteiger partial charge is 0.255 e. The SMILES string of the molecule is CCOc1ccc(C(=O)Nc2ccc3cccc4c3c2CC(NC(=S)NC2CC2)C4)cc1. The molecule has 164 valence electrons. The Balaban J connectivity index is 1.40. The van der Waals surface area contributed by atoms with Crippen LogP contribution < -0.4 is 20.7 Å². The van der Waals surface area contributed by atoms with Crippen LogP contribution in [0.15, 0.2) is 54.6 Å². The Morgan fingerprint density at radius 1 is 1.00 bits per heavy atom. The Labute approximate surface area is 193 Å². The van der Waals surface area contributed by atoms with Crippen LogP contribution in [0.3, 0.4) is 0 Å². The number of benzene rings is 3. The molecule has 0 aliphatic heterocycles. The van der Waals surface area contributed by atoms with Crippen molar-refractivity contribution in [1.29, 1.82) is 0 Å². The van der Waals surface area contributed by atoms with Gasteiger partial charge in [-0.15, -0.1) is 0 Å². The summed E-state index contributed by atoms with van der Waals surface area (Å²) in [4.78, 5) is 13.0. The summed E-state index contributed by atoms with van der Waals surface area (Å²) in [7, 11) is 0. The van der Waals surface area contributed by atoms with Gasteiger partial charge in [0.05, 0.1) is 6.61 Å². The van der Waals surface area contributed by atoms with Gasteiger partial charge in [0.1, 0.15) is 5.75 Å². The van der Waals surface area contributed by atoms with Crippen molar-refractivity contribution < 1.29 is 9.53 Å². The number of hydrogen-bond acceptors (Lipinski definition) is 3. The largest absolute Gasteiger partial charge is 0.494 e. The molecule has 3 aromatic rings. The molecule has 32 heavy (non-hydrogen) atoms. The molecular formula is C26H27N3O2S. The van der Waals surface area contributed by atoms with Gasteiger partial charge in [0.2, 0.25) is 0 Å². The average molecular weight is 446 g/mol. The van der Waals surface area contributed by atoms with Crippen LogP contribution in [-0.4, -0.2) is 29.7 Å². The molecule has 0 saturated heterocycles. The Bertz CT molecular complexity index is 1170. The number of anilines is 1. The summed E-state index contributed by atoms with van der Waals surface area (Å²) in [5, 5.41) is 13.2. The van der Waals surface area contributed by atoms with Crippen molar-refractivity contribution >= 4 is 39.7 Å². The number of carbonyl (C=O) groups is 1. The molecule has 5 rings (SSSR count). The van der Waals surface area contributed by atoms with Gasteiger partial charge in [0, 0.05) is 23.3 Å². The van der Waals surface area contributed by atoms with Crippen LogP contribution in [0.25, 0.3) is 10.8 Å². The minimum Gasteiger partial charge on any atom is -0.494 e. The van der Waals surface area contributed by atoms with Gasteiger partial charge in [-0.25, -0.2) is 0 Å². The fourth-order valence-electron chi connectivity index (χ4n) is 4.42. The standard InChI is InChI=1S/C26H27N3O2S/c1-2-31-21-11-6-17(7-12-21)25(30)29-23-13-8-16-4-3-5-18-14-20(15-22(23)24(16)18)28-26(32)27-19-9-10-19/h3-8,11-13,19-20H,2,9-10,14-15H2,1H3,(H,29,30)(H2,27,28,32). The zero-order chi connectivity index (χ0) is 22.1. The summed E-state index contributed by atoms with van der Waals surface area (Å²) in [5.74, 6) is 0.640. The molecule has 0 heterocycles. The van der Waals surface area contributed by atoms with Crippen LogP contribution in [0.4, 0.5) is 5.69 Å². The third-order valence-electron chi connectivity index (χ3n) is 6.08. The Kier molecular flexibility index (Phi) is 5.70. The van der Waals surface area contributed by atoms with Crippen molar-refractivity contribution in [3.05, 3.63) is 71.3 Å².